The van der Waals surface area contributed by atoms with Crippen LogP contribution in [0.4, 0.5) is 0 Å². The van der Waals surface area contributed by atoms with E-state index < -0.39 is 205 Å². The molecule has 0 saturated heterocycles. The number of amides is 12. The van der Waals surface area contributed by atoms with Gasteiger partial charge in [0.1, 0.15) is 66.5 Å². The van der Waals surface area contributed by atoms with Gasteiger partial charge in [0.15, 0.2) is 0 Å². The zero-order valence-corrected chi connectivity index (χ0v) is 51.1. The maximum atomic E-state index is 13.9. The van der Waals surface area contributed by atoms with Gasteiger partial charge in [-0.1, -0.05) is 41.5 Å². The van der Waals surface area contributed by atoms with E-state index in [1.165, 1.54) is 45.1 Å². The molecule has 19 N–H and O–H groups in total. The van der Waals surface area contributed by atoms with Gasteiger partial charge < -0.3 is 90.3 Å². The molecule has 1 rings (SSSR count). The van der Waals surface area contributed by atoms with Gasteiger partial charge in [-0.3, -0.25) is 62.3 Å². The molecule has 1 heterocycles. The first kappa shape index (κ1) is 75.8. The van der Waals surface area contributed by atoms with Gasteiger partial charge >= 0.3 is 11.9 Å². The van der Waals surface area contributed by atoms with E-state index in [1.807, 2.05) is 0 Å². The van der Waals surface area contributed by atoms with Gasteiger partial charge in [-0.15, -0.1) is 0 Å². The number of hydrogen-bond donors (Lipinski definition) is 19. The van der Waals surface area contributed by atoms with E-state index in [4.69, 9.17) is 11.5 Å². The van der Waals surface area contributed by atoms with Gasteiger partial charge in [0, 0.05) is 36.2 Å². The maximum absolute atomic E-state index is 13.9. The van der Waals surface area contributed by atoms with Gasteiger partial charge in [-0.2, -0.15) is 37.0 Å². The lowest BCUT2D eigenvalue weighted by Gasteiger charge is -2.29. The fourth-order valence-electron chi connectivity index (χ4n) is 7.67. The van der Waals surface area contributed by atoms with Crippen molar-refractivity contribution in [3.05, 3.63) is 18.2 Å². The molecular weight excluding hydrogens is 1180 g/mol. The van der Waals surface area contributed by atoms with Crippen molar-refractivity contribution in [3.63, 3.8) is 0 Å². The highest BCUT2D eigenvalue weighted by molar-refractivity contribution is 7.98. The number of carbonyl (C=O) groups is 14. The number of aliphatic carboxylic acids is 2. The molecule has 0 aliphatic rings. The Balaban J connectivity index is 3.22. The lowest BCUT2D eigenvalue weighted by molar-refractivity contribution is -0.143. The monoisotopic (exact) mass is 1260 g/mol. The highest BCUT2D eigenvalue weighted by atomic mass is 32.2. The second-order valence-corrected chi connectivity index (χ2v) is 22.3. The van der Waals surface area contributed by atoms with Crippen LogP contribution in [-0.4, -0.2) is 211 Å². The van der Waals surface area contributed by atoms with Crippen LogP contribution in [0, 0.1) is 17.8 Å². The number of carboxylic acid groups (broad SMARTS) is 2. The molecule has 0 unspecified atom stereocenters. The third-order valence-corrected chi connectivity index (χ3v) is 13.8. The number of carbonyl (C=O) groups excluding carboxylic acids is 12. The lowest BCUT2D eigenvalue weighted by Crippen LogP contribution is -2.61. The molecule has 85 heavy (non-hydrogen) atoms. The molecule has 0 saturated carbocycles. The number of aromatic amines is 1. The molecular formula is C50H83N15O17S3. The molecule has 0 aliphatic carbocycles. The van der Waals surface area contributed by atoms with Crippen LogP contribution in [0.2, 0.25) is 0 Å². The van der Waals surface area contributed by atoms with Crippen molar-refractivity contribution in [1.29, 1.82) is 0 Å². The van der Waals surface area contributed by atoms with Crippen molar-refractivity contribution in [2.24, 2.45) is 29.2 Å². The molecule has 11 atom stereocenters. The standard InChI is InChI=1S/C50H83N15O17S3/c1-22(2)13-29(60-49(80)38(23(3)4)64-44(75)30(56-36(68)16-51)14-26-17-53-21-54-26)43(74)62-34(20-84)48(79)58-27(9-10-37(69)70)41(72)61-32(18-66)46(77)63-33(19-83)47(78)55-25(7)40(71)57-28(11-12-85-8)42(73)59-31(15-35(52)67)45(76)65-39(24(5)6)50(81)82/h17,21-25,27-34,38-39,66,83-84H,9-16,18-20,51H2,1-8H3,(H2,52,67)(H,53,54)(H,55,78)(H,56,68)(H,57,71)(H,58,79)(H,59,73)(H,60,80)(H,61,72)(H,62,74)(H,63,77)(H,64,75)(H,65,76)(H,69,70)(H,81,82)/t25-,27-,28-,29-,30-,31-,32-,33-,34-,38-,39-/m0/s1. The predicted molar refractivity (Wildman–Crippen MR) is 313 cm³/mol. The predicted octanol–water partition coefficient (Wildman–Crippen LogP) is -5.95. The summed E-state index contributed by atoms with van der Waals surface area (Å²) in [4.78, 5) is 190. The van der Waals surface area contributed by atoms with Crippen LogP contribution in [-0.2, 0) is 73.5 Å². The molecule has 0 aromatic carbocycles. The topological polar surface area (TPSA) is 513 Å². The highest BCUT2D eigenvalue weighted by Crippen LogP contribution is 2.12. The van der Waals surface area contributed by atoms with Crippen LogP contribution in [0.3, 0.4) is 0 Å². The van der Waals surface area contributed by atoms with Crippen LogP contribution in [0.25, 0.3) is 0 Å². The first-order valence-electron chi connectivity index (χ1n) is 26.9. The Morgan fingerprint density at radius 2 is 1.01 bits per heavy atom. The molecule has 12 amide bonds. The van der Waals surface area contributed by atoms with Crippen molar-refractivity contribution in [3.8, 4) is 0 Å². The number of thiol groups is 2. The Kier molecular flexibility index (Phi) is 34.5. The van der Waals surface area contributed by atoms with Gasteiger partial charge in [0.25, 0.3) is 0 Å². The third kappa shape index (κ3) is 27.6. The van der Waals surface area contributed by atoms with Gasteiger partial charge in [-0.05, 0) is 55.9 Å². The van der Waals surface area contributed by atoms with Crippen LogP contribution in [0.5, 0.6) is 0 Å². The minimum Gasteiger partial charge on any atom is -0.481 e. The summed E-state index contributed by atoms with van der Waals surface area (Å²) in [5.74, 6) is -16.3. The molecule has 0 fully saturated rings. The zero-order valence-electron chi connectivity index (χ0n) is 48.5. The number of aromatic nitrogens is 2. The molecule has 478 valence electrons. The minimum absolute atomic E-state index is 0.00897. The lowest BCUT2D eigenvalue weighted by atomic mass is 9.99. The maximum Gasteiger partial charge on any atom is 0.326 e. The summed E-state index contributed by atoms with van der Waals surface area (Å²) in [5.41, 5.74) is 11.2. The SMILES string of the molecule is CSCC[C@H](NC(=O)[C@H](C)NC(=O)[C@H](CS)NC(=O)[C@H](CO)NC(=O)[C@H](CCC(=O)O)NC(=O)[C@H](CS)NC(=O)[C@H](CC(C)C)NC(=O)[C@@H](NC(=O)[C@H](Cc1cnc[nH]1)NC(=O)CN)C(C)C)C(=O)N[C@@H](CC(N)=O)C(=O)N[C@H](C(=O)O)C(C)C. The summed E-state index contributed by atoms with van der Waals surface area (Å²) in [5, 5.41) is 55.6. The Labute approximate surface area is 506 Å². The summed E-state index contributed by atoms with van der Waals surface area (Å²) in [7, 11) is 0. The number of carboxylic acids is 2. The number of nitrogens with two attached hydrogens (primary N) is 2. The van der Waals surface area contributed by atoms with E-state index in [9.17, 15) is 82.4 Å². The molecule has 0 radical (unpaired) electrons. The number of aliphatic hydroxyl groups is 1. The van der Waals surface area contributed by atoms with E-state index in [0.717, 1.165) is 0 Å². The quantitative estimate of drug-likeness (QED) is 0.0272. The number of hydrogen-bond acceptors (Lipinski definition) is 20. The number of H-pyrrole nitrogens is 1. The summed E-state index contributed by atoms with van der Waals surface area (Å²) < 4.78 is 0. The van der Waals surface area contributed by atoms with Crippen LogP contribution < -0.4 is 70.0 Å². The summed E-state index contributed by atoms with van der Waals surface area (Å²) in [6.07, 6.45) is 2.39. The Morgan fingerprint density at radius 1 is 0.565 bits per heavy atom. The molecule has 35 heteroatoms. The van der Waals surface area contributed by atoms with E-state index >= 15 is 0 Å². The largest absolute Gasteiger partial charge is 0.481 e. The van der Waals surface area contributed by atoms with Crippen molar-refractivity contribution >= 4 is 120 Å². The fourth-order valence-corrected chi connectivity index (χ4v) is 8.66. The highest BCUT2D eigenvalue weighted by Gasteiger charge is 2.37. The second kappa shape index (κ2) is 38.7. The van der Waals surface area contributed by atoms with Crippen molar-refractivity contribution in [2.45, 2.75) is 153 Å². The molecule has 0 spiro atoms. The number of nitrogens with one attached hydrogen (secondary N) is 12. The van der Waals surface area contributed by atoms with Gasteiger partial charge in [-0.25, -0.2) is 9.78 Å². The molecule has 1 aromatic rings. The molecule has 0 aliphatic heterocycles. The number of rotatable bonds is 40. The second-order valence-electron chi connectivity index (χ2n) is 20.6. The first-order chi connectivity index (χ1) is 39.8. The third-order valence-electron chi connectivity index (χ3n) is 12.4. The van der Waals surface area contributed by atoms with Crippen LogP contribution in [0.15, 0.2) is 12.5 Å². The van der Waals surface area contributed by atoms with E-state index in [2.05, 4.69) is 93.7 Å². The van der Waals surface area contributed by atoms with Crippen LogP contribution >= 0.6 is 37.0 Å². The Morgan fingerprint density at radius 3 is 1.48 bits per heavy atom. The minimum atomic E-state index is -1.86. The zero-order chi connectivity index (χ0) is 64.8. The Hall–Kier alpha value is -7.24. The molecule has 32 nitrogen and oxygen atoms in total. The average molecular weight is 1260 g/mol. The number of primary amides is 1. The van der Waals surface area contributed by atoms with Gasteiger partial charge in [0.2, 0.25) is 70.9 Å². The van der Waals surface area contributed by atoms with Crippen molar-refractivity contribution in [1.82, 2.24) is 68.5 Å². The number of nitrogens with zero attached hydrogens (tertiary/aromatic N) is 1. The molecule has 0 bridgehead atoms. The number of thioether (sulfide) groups is 1. The normalized spacial score (nSPS) is 15.0. The number of imidazole rings is 1. The first-order valence-corrected chi connectivity index (χ1v) is 29.5. The fraction of sp³-hybridized carbons (Fsp3) is 0.660. The van der Waals surface area contributed by atoms with E-state index in [0.29, 0.717) is 5.69 Å². The summed E-state index contributed by atoms with van der Waals surface area (Å²) in [6.45, 7) is 9.42. The smallest absolute Gasteiger partial charge is 0.326 e. The van der Waals surface area contributed by atoms with E-state index in [1.54, 1.807) is 34.0 Å². The Bertz CT molecular complexity index is 2480. The van der Waals surface area contributed by atoms with Crippen molar-refractivity contribution < 1.29 is 82.4 Å². The van der Waals surface area contributed by atoms with Crippen molar-refractivity contribution in [2.75, 3.05) is 36.7 Å². The summed E-state index contributed by atoms with van der Waals surface area (Å²) in [6, 6.07) is -16.3. The van der Waals surface area contributed by atoms with E-state index in [-0.39, 0.29) is 30.9 Å². The number of aliphatic hydroxyl groups excluding tert-OH is 1. The van der Waals surface area contributed by atoms with Crippen LogP contribution in [0.1, 0.15) is 86.3 Å². The average Bonchev–Trinajstić information content (AvgIpc) is 3.96. The summed E-state index contributed by atoms with van der Waals surface area (Å²) >= 11 is 9.58. The van der Waals surface area contributed by atoms with Gasteiger partial charge in [0.05, 0.1) is 25.9 Å². The molecule has 1 aromatic heterocycles.